The van der Waals surface area contributed by atoms with Gasteiger partial charge in [-0.2, -0.15) is 0 Å². The SMILES string of the molecule is COC[C@H]1CN[C@H](C)CN1CC(=O)N1CC(C)(C)c2ccc(Cc3ccccc3)nc21. The van der Waals surface area contributed by atoms with E-state index in [1.165, 1.54) is 5.56 Å². The lowest BCUT2D eigenvalue weighted by Crippen LogP contribution is -2.59. The van der Waals surface area contributed by atoms with Gasteiger partial charge < -0.3 is 10.1 Å². The molecule has 0 saturated carbocycles. The van der Waals surface area contributed by atoms with Crippen molar-refractivity contribution in [3.63, 3.8) is 0 Å². The molecule has 1 aromatic carbocycles. The lowest BCUT2D eigenvalue weighted by Gasteiger charge is -2.39. The Morgan fingerprint density at radius 1 is 1.23 bits per heavy atom. The van der Waals surface area contributed by atoms with Crippen LogP contribution in [0.4, 0.5) is 5.82 Å². The summed E-state index contributed by atoms with van der Waals surface area (Å²) in [7, 11) is 1.72. The molecular formula is C25H34N4O2. The molecule has 31 heavy (non-hydrogen) atoms. The van der Waals surface area contributed by atoms with Crippen LogP contribution < -0.4 is 10.2 Å². The van der Waals surface area contributed by atoms with Gasteiger partial charge in [0.15, 0.2) is 0 Å². The molecule has 166 valence electrons. The van der Waals surface area contributed by atoms with E-state index in [4.69, 9.17) is 9.72 Å². The number of methoxy groups -OCH3 is 1. The first-order valence-corrected chi connectivity index (χ1v) is 11.2. The van der Waals surface area contributed by atoms with Gasteiger partial charge >= 0.3 is 0 Å². The van der Waals surface area contributed by atoms with E-state index in [0.29, 0.717) is 25.7 Å². The number of rotatable bonds is 6. The average molecular weight is 423 g/mol. The molecule has 1 aromatic heterocycles. The molecule has 0 bridgehead atoms. The zero-order valence-corrected chi connectivity index (χ0v) is 19.1. The summed E-state index contributed by atoms with van der Waals surface area (Å²) in [5.41, 5.74) is 3.27. The maximum absolute atomic E-state index is 13.5. The van der Waals surface area contributed by atoms with Crippen LogP contribution in [-0.4, -0.2) is 67.8 Å². The summed E-state index contributed by atoms with van der Waals surface area (Å²) >= 11 is 0. The molecular weight excluding hydrogens is 388 g/mol. The van der Waals surface area contributed by atoms with Crippen LogP contribution in [0.25, 0.3) is 0 Å². The van der Waals surface area contributed by atoms with Gasteiger partial charge in [0.2, 0.25) is 5.91 Å². The smallest absolute Gasteiger partial charge is 0.242 e. The van der Waals surface area contributed by atoms with E-state index in [1.807, 2.05) is 23.1 Å². The summed E-state index contributed by atoms with van der Waals surface area (Å²) in [4.78, 5) is 22.6. The van der Waals surface area contributed by atoms with E-state index in [0.717, 1.165) is 36.6 Å². The Bertz CT molecular complexity index is 915. The van der Waals surface area contributed by atoms with Crippen LogP contribution in [0.3, 0.4) is 0 Å². The number of anilines is 1. The Hall–Kier alpha value is -2.28. The second kappa shape index (κ2) is 9.07. The minimum absolute atomic E-state index is 0.105. The molecule has 0 aliphatic carbocycles. The minimum atomic E-state index is -0.105. The molecule has 0 unspecified atom stereocenters. The first-order chi connectivity index (χ1) is 14.9. The molecule has 1 saturated heterocycles. The summed E-state index contributed by atoms with van der Waals surface area (Å²) in [5.74, 6) is 0.946. The summed E-state index contributed by atoms with van der Waals surface area (Å²) in [6.45, 7) is 9.90. The number of aromatic nitrogens is 1. The van der Waals surface area contributed by atoms with Gasteiger partial charge in [-0.1, -0.05) is 50.2 Å². The molecule has 2 aromatic rings. The van der Waals surface area contributed by atoms with Gasteiger partial charge in [0.05, 0.1) is 13.2 Å². The normalized spacial score (nSPS) is 23.0. The van der Waals surface area contributed by atoms with E-state index in [1.54, 1.807) is 7.11 Å². The number of piperazine rings is 1. The van der Waals surface area contributed by atoms with E-state index in [-0.39, 0.29) is 17.4 Å². The van der Waals surface area contributed by atoms with Crippen molar-refractivity contribution in [3.05, 3.63) is 59.3 Å². The first kappa shape index (κ1) is 21.9. The van der Waals surface area contributed by atoms with Gasteiger partial charge in [-0.25, -0.2) is 4.98 Å². The number of fused-ring (bicyclic) bond motifs is 1. The zero-order valence-electron chi connectivity index (χ0n) is 19.1. The Morgan fingerprint density at radius 2 is 2.00 bits per heavy atom. The largest absolute Gasteiger partial charge is 0.383 e. The van der Waals surface area contributed by atoms with Gasteiger partial charge in [0.1, 0.15) is 5.82 Å². The Morgan fingerprint density at radius 3 is 2.74 bits per heavy atom. The number of amides is 1. The third-order valence-electron chi connectivity index (χ3n) is 6.42. The molecule has 1 amide bonds. The number of ether oxygens (including phenoxy) is 1. The van der Waals surface area contributed by atoms with E-state index in [9.17, 15) is 4.79 Å². The zero-order chi connectivity index (χ0) is 22.0. The van der Waals surface area contributed by atoms with Crippen LogP contribution in [0.1, 0.15) is 37.6 Å². The van der Waals surface area contributed by atoms with Crippen molar-refractivity contribution in [1.29, 1.82) is 0 Å². The maximum Gasteiger partial charge on any atom is 0.242 e. The lowest BCUT2D eigenvalue weighted by atomic mass is 9.88. The molecule has 1 N–H and O–H groups in total. The summed E-state index contributed by atoms with van der Waals surface area (Å²) in [6, 6.07) is 15.2. The summed E-state index contributed by atoms with van der Waals surface area (Å²) in [6.07, 6.45) is 0.766. The Labute approximate surface area is 185 Å². The molecule has 0 radical (unpaired) electrons. The van der Waals surface area contributed by atoms with E-state index in [2.05, 4.69) is 55.3 Å². The van der Waals surface area contributed by atoms with Crippen molar-refractivity contribution in [2.45, 2.75) is 44.7 Å². The Balaban J connectivity index is 1.55. The Kier molecular flexibility index (Phi) is 6.42. The van der Waals surface area contributed by atoms with Crippen molar-refractivity contribution in [2.75, 3.05) is 44.8 Å². The van der Waals surface area contributed by atoms with Gasteiger partial charge in [-0.15, -0.1) is 0 Å². The highest BCUT2D eigenvalue weighted by Gasteiger charge is 2.40. The number of carbonyl (C=O) groups is 1. The predicted molar refractivity (Wildman–Crippen MR) is 124 cm³/mol. The number of nitrogens with one attached hydrogen (secondary N) is 1. The van der Waals surface area contributed by atoms with Crippen LogP contribution in [0.5, 0.6) is 0 Å². The fraction of sp³-hybridized carbons (Fsp3) is 0.520. The fourth-order valence-electron chi connectivity index (χ4n) is 4.73. The molecule has 0 spiro atoms. The van der Waals surface area contributed by atoms with E-state index < -0.39 is 0 Å². The fourth-order valence-corrected chi connectivity index (χ4v) is 4.73. The van der Waals surface area contributed by atoms with Gasteiger partial charge in [-0.3, -0.25) is 14.6 Å². The topological polar surface area (TPSA) is 57.7 Å². The minimum Gasteiger partial charge on any atom is -0.383 e. The number of hydrogen-bond donors (Lipinski definition) is 1. The highest BCUT2D eigenvalue weighted by molar-refractivity contribution is 5.96. The van der Waals surface area contributed by atoms with Crippen LogP contribution in [0.2, 0.25) is 0 Å². The van der Waals surface area contributed by atoms with Gasteiger partial charge in [-0.05, 0) is 18.6 Å². The lowest BCUT2D eigenvalue weighted by molar-refractivity contribution is -0.121. The van der Waals surface area contributed by atoms with Crippen molar-refractivity contribution < 1.29 is 9.53 Å². The third kappa shape index (κ3) is 4.81. The molecule has 2 aliphatic rings. The number of carbonyl (C=O) groups excluding carboxylic acids is 1. The third-order valence-corrected chi connectivity index (χ3v) is 6.42. The highest BCUT2D eigenvalue weighted by Crippen LogP contribution is 2.39. The van der Waals surface area contributed by atoms with Crippen molar-refractivity contribution in [2.24, 2.45) is 0 Å². The molecule has 4 rings (SSSR count). The molecule has 3 heterocycles. The second-order valence-electron chi connectivity index (χ2n) is 9.55. The van der Waals surface area contributed by atoms with Crippen molar-refractivity contribution in [3.8, 4) is 0 Å². The average Bonchev–Trinajstić information content (AvgIpc) is 3.01. The standard InChI is InChI=1S/C25H34N4O2/c1-18-14-28(21(13-26-18)16-31-4)15-23(30)29-17-25(2,3)22-11-10-20(27-24(22)29)12-19-8-6-5-7-9-19/h5-11,18,21,26H,12-17H2,1-4H3/t18-,21-/m1/s1. The quantitative estimate of drug-likeness (QED) is 0.776. The van der Waals surface area contributed by atoms with Crippen LogP contribution >= 0.6 is 0 Å². The number of pyridine rings is 1. The van der Waals surface area contributed by atoms with E-state index >= 15 is 0 Å². The van der Waals surface area contributed by atoms with Crippen LogP contribution in [-0.2, 0) is 21.4 Å². The molecule has 6 nitrogen and oxygen atoms in total. The van der Waals surface area contributed by atoms with Gasteiger partial charge in [0, 0.05) is 61.9 Å². The summed E-state index contributed by atoms with van der Waals surface area (Å²) in [5, 5.41) is 3.49. The second-order valence-corrected chi connectivity index (χ2v) is 9.55. The molecule has 6 heteroatoms. The molecule has 1 fully saturated rings. The van der Waals surface area contributed by atoms with Crippen LogP contribution in [0.15, 0.2) is 42.5 Å². The molecule has 2 aliphatic heterocycles. The predicted octanol–water partition coefficient (Wildman–Crippen LogP) is 2.61. The number of nitrogens with zero attached hydrogens (tertiary/aromatic N) is 3. The van der Waals surface area contributed by atoms with Crippen molar-refractivity contribution in [1.82, 2.24) is 15.2 Å². The first-order valence-electron chi connectivity index (χ1n) is 11.2. The monoisotopic (exact) mass is 422 g/mol. The summed E-state index contributed by atoms with van der Waals surface area (Å²) < 4.78 is 5.40. The maximum atomic E-state index is 13.5. The van der Waals surface area contributed by atoms with Gasteiger partial charge in [0.25, 0.3) is 0 Å². The van der Waals surface area contributed by atoms with Crippen molar-refractivity contribution >= 4 is 11.7 Å². The molecule has 2 atom stereocenters. The highest BCUT2D eigenvalue weighted by atomic mass is 16.5. The number of hydrogen-bond acceptors (Lipinski definition) is 5. The number of benzene rings is 1. The van der Waals surface area contributed by atoms with Crippen LogP contribution in [0, 0.1) is 0 Å².